The first-order chi connectivity index (χ1) is 7.58. The Balaban J connectivity index is 2.03. The van der Waals surface area contributed by atoms with E-state index >= 15 is 0 Å². The standard InChI is InChI=1S/C10H13N3O3/c11-5-10(2-3-10)13-9(16)7-6(14)1-4-12-8(7)15/h6-7,14H,1-4H2,(H,12,15)(H,13,16). The molecule has 6 heteroatoms. The van der Waals surface area contributed by atoms with E-state index in [0.717, 1.165) is 0 Å². The molecule has 2 unspecified atom stereocenters. The molecular weight excluding hydrogens is 210 g/mol. The molecule has 0 bridgehead atoms. The Bertz CT molecular complexity index is 370. The molecule has 3 N–H and O–H groups in total. The van der Waals surface area contributed by atoms with Gasteiger partial charge in [-0.2, -0.15) is 5.26 Å². The van der Waals surface area contributed by atoms with Crippen molar-refractivity contribution >= 4 is 11.8 Å². The molecule has 2 rings (SSSR count). The molecule has 2 aliphatic rings. The minimum absolute atomic E-state index is 0.364. The third-order valence-corrected chi connectivity index (χ3v) is 3.02. The lowest BCUT2D eigenvalue weighted by Crippen LogP contribution is -2.54. The highest BCUT2D eigenvalue weighted by Crippen LogP contribution is 2.34. The molecule has 0 aromatic rings. The molecule has 1 saturated heterocycles. The molecular formula is C10H13N3O3. The maximum atomic E-state index is 11.8. The summed E-state index contributed by atoms with van der Waals surface area (Å²) in [6.07, 6.45) is 0.631. The van der Waals surface area contributed by atoms with E-state index in [9.17, 15) is 14.7 Å². The summed E-state index contributed by atoms with van der Waals surface area (Å²) >= 11 is 0. The van der Waals surface area contributed by atoms with Gasteiger partial charge in [0.25, 0.3) is 0 Å². The van der Waals surface area contributed by atoms with Gasteiger partial charge in [0.05, 0.1) is 12.2 Å². The van der Waals surface area contributed by atoms with Crippen molar-refractivity contribution in [2.24, 2.45) is 5.92 Å². The predicted octanol–water partition coefficient (Wildman–Crippen LogP) is -1.34. The van der Waals surface area contributed by atoms with Crippen LogP contribution in [0.2, 0.25) is 0 Å². The maximum Gasteiger partial charge on any atom is 0.236 e. The fraction of sp³-hybridized carbons (Fsp3) is 0.700. The molecule has 1 saturated carbocycles. The Morgan fingerprint density at radius 3 is 2.81 bits per heavy atom. The molecule has 2 fully saturated rings. The van der Waals surface area contributed by atoms with E-state index in [0.29, 0.717) is 25.8 Å². The number of aliphatic hydroxyl groups is 1. The van der Waals surface area contributed by atoms with Crippen LogP contribution in [0.4, 0.5) is 0 Å². The smallest absolute Gasteiger partial charge is 0.236 e. The number of nitrogens with one attached hydrogen (secondary N) is 2. The summed E-state index contributed by atoms with van der Waals surface area (Å²) in [5.74, 6) is -2.10. The molecule has 2 atom stereocenters. The minimum atomic E-state index is -1.08. The number of aliphatic hydroxyl groups excluding tert-OH is 1. The first kappa shape index (κ1) is 10.9. The zero-order valence-electron chi connectivity index (χ0n) is 8.69. The third kappa shape index (κ3) is 1.86. The van der Waals surface area contributed by atoms with Crippen LogP contribution >= 0.6 is 0 Å². The van der Waals surface area contributed by atoms with E-state index in [1.165, 1.54) is 0 Å². The first-order valence-electron chi connectivity index (χ1n) is 5.27. The van der Waals surface area contributed by atoms with Crippen molar-refractivity contribution in [1.82, 2.24) is 10.6 Å². The molecule has 0 spiro atoms. The van der Waals surface area contributed by atoms with E-state index in [1.54, 1.807) is 0 Å². The minimum Gasteiger partial charge on any atom is -0.392 e. The van der Waals surface area contributed by atoms with Crippen LogP contribution in [0.3, 0.4) is 0 Å². The van der Waals surface area contributed by atoms with E-state index < -0.39 is 29.4 Å². The number of amides is 2. The summed E-state index contributed by atoms with van der Waals surface area (Å²) < 4.78 is 0. The molecule has 0 aromatic carbocycles. The number of nitrogens with zero attached hydrogens (tertiary/aromatic N) is 1. The highest BCUT2D eigenvalue weighted by Gasteiger charge is 2.47. The normalized spacial score (nSPS) is 31.1. The summed E-state index contributed by atoms with van der Waals surface area (Å²) in [4.78, 5) is 23.2. The Hall–Kier alpha value is -1.61. The van der Waals surface area contributed by atoms with Gasteiger partial charge in [-0.3, -0.25) is 9.59 Å². The van der Waals surface area contributed by atoms with Crippen LogP contribution in [0, 0.1) is 17.2 Å². The zero-order valence-corrected chi connectivity index (χ0v) is 8.69. The highest BCUT2D eigenvalue weighted by atomic mass is 16.3. The van der Waals surface area contributed by atoms with Crippen molar-refractivity contribution in [1.29, 1.82) is 5.26 Å². The fourth-order valence-corrected chi connectivity index (χ4v) is 1.79. The number of hydrogen-bond acceptors (Lipinski definition) is 4. The second-order valence-corrected chi connectivity index (χ2v) is 4.31. The molecule has 1 heterocycles. The summed E-state index contributed by atoms with van der Waals surface area (Å²) in [7, 11) is 0. The van der Waals surface area contributed by atoms with E-state index in [2.05, 4.69) is 10.6 Å². The van der Waals surface area contributed by atoms with Gasteiger partial charge in [-0.05, 0) is 19.3 Å². The average molecular weight is 223 g/mol. The maximum absolute atomic E-state index is 11.8. The third-order valence-electron chi connectivity index (χ3n) is 3.02. The van der Waals surface area contributed by atoms with Crippen LogP contribution in [0.5, 0.6) is 0 Å². The van der Waals surface area contributed by atoms with Crippen LogP contribution in [0.25, 0.3) is 0 Å². The van der Waals surface area contributed by atoms with Gasteiger partial charge in [0.15, 0.2) is 0 Å². The molecule has 86 valence electrons. The number of hydrogen-bond donors (Lipinski definition) is 3. The van der Waals surface area contributed by atoms with Gasteiger partial charge < -0.3 is 15.7 Å². The summed E-state index contributed by atoms with van der Waals surface area (Å²) in [6, 6.07) is 2.01. The molecule has 0 radical (unpaired) electrons. The Morgan fingerprint density at radius 1 is 1.62 bits per heavy atom. The summed E-state index contributed by atoms with van der Waals surface area (Å²) in [5, 5.41) is 23.5. The quantitative estimate of drug-likeness (QED) is 0.504. The molecule has 1 aliphatic carbocycles. The Morgan fingerprint density at radius 2 is 2.31 bits per heavy atom. The largest absolute Gasteiger partial charge is 0.392 e. The Kier molecular flexibility index (Phi) is 2.56. The van der Waals surface area contributed by atoms with Crippen molar-refractivity contribution in [3.05, 3.63) is 0 Å². The second kappa shape index (κ2) is 3.76. The molecule has 6 nitrogen and oxygen atoms in total. The van der Waals surface area contributed by atoms with Crippen LogP contribution in [0.1, 0.15) is 19.3 Å². The van der Waals surface area contributed by atoms with Gasteiger partial charge in [0.1, 0.15) is 11.5 Å². The van der Waals surface area contributed by atoms with Crippen molar-refractivity contribution in [2.45, 2.75) is 30.9 Å². The lowest BCUT2D eigenvalue weighted by molar-refractivity contribution is -0.142. The van der Waals surface area contributed by atoms with Crippen LogP contribution in [-0.2, 0) is 9.59 Å². The van der Waals surface area contributed by atoms with E-state index in [1.807, 2.05) is 6.07 Å². The molecule has 16 heavy (non-hydrogen) atoms. The van der Waals surface area contributed by atoms with Crippen LogP contribution < -0.4 is 10.6 Å². The lowest BCUT2D eigenvalue weighted by atomic mass is 9.94. The van der Waals surface area contributed by atoms with Gasteiger partial charge in [-0.15, -0.1) is 0 Å². The molecule has 2 amide bonds. The monoisotopic (exact) mass is 223 g/mol. The van der Waals surface area contributed by atoms with Crippen molar-refractivity contribution in [3.8, 4) is 6.07 Å². The van der Waals surface area contributed by atoms with Crippen LogP contribution in [0.15, 0.2) is 0 Å². The zero-order chi connectivity index (χ0) is 11.8. The van der Waals surface area contributed by atoms with Gasteiger partial charge in [0.2, 0.25) is 11.8 Å². The summed E-state index contributed by atoms with van der Waals surface area (Å²) in [6.45, 7) is 0.382. The van der Waals surface area contributed by atoms with E-state index in [4.69, 9.17) is 5.26 Å². The van der Waals surface area contributed by atoms with Gasteiger partial charge in [-0.1, -0.05) is 0 Å². The summed E-state index contributed by atoms with van der Waals surface area (Å²) in [5.41, 5.74) is -0.797. The SMILES string of the molecule is N#CC1(NC(=O)C2C(=O)NCCC2O)CC1. The fourth-order valence-electron chi connectivity index (χ4n) is 1.79. The average Bonchev–Trinajstić information content (AvgIpc) is 2.98. The van der Waals surface area contributed by atoms with Crippen molar-refractivity contribution < 1.29 is 14.7 Å². The predicted molar refractivity (Wildman–Crippen MR) is 52.8 cm³/mol. The number of rotatable bonds is 2. The van der Waals surface area contributed by atoms with E-state index in [-0.39, 0.29) is 0 Å². The first-order valence-corrected chi connectivity index (χ1v) is 5.27. The Labute approximate surface area is 92.6 Å². The second-order valence-electron chi connectivity index (χ2n) is 4.31. The lowest BCUT2D eigenvalue weighted by Gasteiger charge is -2.27. The molecule has 0 aromatic heterocycles. The number of carbonyl (C=O) groups is 2. The van der Waals surface area contributed by atoms with Gasteiger partial charge >= 0.3 is 0 Å². The van der Waals surface area contributed by atoms with Crippen molar-refractivity contribution in [2.75, 3.05) is 6.54 Å². The number of piperidine rings is 1. The number of carbonyl (C=O) groups excluding carboxylic acids is 2. The number of nitriles is 1. The van der Waals surface area contributed by atoms with Gasteiger partial charge in [0, 0.05) is 6.54 Å². The van der Waals surface area contributed by atoms with Crippen molar-refractivity contribution in [3.63, 3.8) is 0 Å². The van der Waals surface area contributed by atoms with Crippen LogP contribution in [-0.4, -0.2) is 35.1 Å². The van der Waals surface area contributed by atoms with Gasteiger partial charge in [-0.25, -0.2) is 0 Å². The topological polar surface area (TPSA) is 102 Å². The molecule has 1 aliphatic heterocycles. The highest BCUT2D eigenvalue weighted by molar-refractivity contribution is 6.01.